The lowest BCUT2D eigenvalue weighted by Gasteiger charge is -2.29. The first kappa shape index (κ1) is 14.3. The predicted octanol–water partition coefficient (Wildman–Crippen LogP) is 3.14. The van der Waals surface area contributed by atoms with E-state index in [1.54, 1.807) is 0 Å². The molecule has 20 heavy (non-hydrogen) atoms. The number of nitrogen functional groups attached to an aromatic ring is 1. The van der Waals surface area contributed by atoms with Crippen LogP contribution < -0.4 is 10.6 Å². The van der Waals surface area contributed by atoms with Crippen molar-refractivity contribution in [3.8, 4) is 0 Å². The topological polar surface area (TPSA) is 66.0 Å². The van der Waals surface area contributed by atoms with Crippen molar-refractivity contribution in [1.82, 2.24) is 4.98 Å². The highest BCUT2D eigenvalue weighted by molar-refractivity contribution is 6.03. The maximum atomic E-state index is 7.81. The maximum Gasteiger partial charge on any atom is 0.140 e. The summed E-state index contributed by atoms with van der Waals surface area (Å²) in [6.45, 7) is 4.33. The number of fused-ring (bicyclic) bond motifs is 1. The van der Waals surface area contributed by atoms with E-state index in [4.69, 9.17) is 16.1 Å². The fourth-order valence-corrected chi connectivity index (χ4v) is 2.58. The third-order valence-corrected chi connectivity index (χ3v) is 3.82. The minimum absolute atomic E-state index is 0.0658. The van der Waals surface area contributed by atoms with Crippen LogP contribution in [0.25, 0.3) is 10.9 Å². The van der Waals surface area contributed by atoms with Crippen molar-refractivity contribution < 1.29 is 0 Å². The zero-order valence-electron chi connectivity index (χ0n) is 12.4. The fraction of sp³-hybridized carbons (Fsp3) is 0.375. The first-order valence-corrected chi connectivity index (χ1v) is 7.05. The molecule has 0 aliphatic heterocycles. The first-order valence-electron chi connectivity index (χ1n) is 7.05. The molecule has 0 aliphatic rings. The number of pyridine rings is 1. The van der Waals surface area contributed by atoms with Gasteiger partial charge in [-0.2, -0.15) is 0 Å². The second-order valence-electron chi connectivity index (χ2n) is 5.05. The monoisotopic (exact) mass is 270 g/mol. The van der Waals surface area contributed by atoms with Crippen LogP contribution in [0, 0.1) is 5.41 Å². The van der Waals surface area contributed by atoms with Gasteiger partial charge in [0, 0.05) is 18.5 Å². The number of nitrogens with zero attached hydrogens (tertiary/aromatic N) is 2. The minimum Gasteiger partial charge on any atom is -0.384 e. The van der Waals surface area contributed by atoms with Crippen molar-refractivity contribution in [2.75, 3.05) is 11.9 Å². The number of para-hydroxylation sites is 1. The van der Waals surface area contributed by atoms with Crippen LogP contribution in [0.1, 0.15) is 32.3 Å². The third kappa shape index (κ3) is 2.59. The van der Waals surface area contributed by atoms with Gasteiger partial charge in [-0.1, -0.05) is 32.0 Å². The molecule has 106 valence electrons. The van der Waals surface area contributed by atoms with E-state index in [-0.39, 0.29) is 5.84 Å². The number of nitrogens with two attached hydrogens (primary N) is 1. The lowest BCUT2D eigenvalue weighted by molar-refractivity contribution is 0.587. The predicted molar refractivity (Wildman–Crippen MR) is 85.5 cm³/mol. The Morgan fingerprint density at radius 3 is 2.55 bits per heavy atom. The van der Waals surface area contributed by atoms with E-state index < -0.39 is 0 Å². The summed E-state index contributed by atoms with van der Waals surface area (Å²) in [5, 5.41) is 8.82. The lowest BCUT2D eigenvalue weighted by Crippen LogP contribution is -2.33. The average Bonchev–Trinajstić information content (AvgIpc) is 2.46. The number of nitrogens with one attached hydrogen (secondary N) is 1. The Kier molecular flexibility index (Phi) is 4.23. The Bertz CT molecular complexity index is 617. The highest BCUT2D eigenvalue weighted by Crippen LogP contribution is 2.25. The van der Waals surface area contributed by atoms with E-state index in [9.17, 15) is 0 Å². The summed E-state index contributed by atoms with van der Waals surface area (Å²) < 4.78 is 0. The molecular weight excluding hydrogens is 248 g/mol. The van der Waals surface area contributed by atoms with Crippen LogP contribution in [0.5, 0.6) is 0 Å². The Labute approximate surface area is 120 Å². The summed E-state index contributed by atoms with van der Waals surface area (Å²) >= 11 is 0. The Hall–Kier alpha value is -2.10. The SMILES string of the molecule is CCC(CC)N(C)c1nc2ccccc2cc1C(=N)N. The van der Waals surface area contributed by atoms with Crippen LogP contribution >= 0.6 is 0 Å². The van der Waals surface area contributed by atoms with Gasteiger partial charge in [0.25, 0.3) is 0 Å². The molecule has 3 N–H and O–H groups in total. The van der Waals surface area contributed by atoms with Gasteiger partial charge in [-0.15, -0.1) is 0 Å². The minimum atomic E-state index is 0.0658. The van der Waals surface area contributed by atoms with Gasteiger partial charge in [0.15, 0.2) is 0 Å². The van der Waals surface area contributed by atoms with Crippen molar-refractivity contribution >= 4 is 22.6 Å². The highest BCUT2D eigenvalue weighted by Gasteiger charge is 2.18. The van der Waals surface area contributed by atoms with Crippen molar-refractivity contribution in [2.45, 2.75) is 32.7 Å². The number of amidine groups is 1. The molecule has 0 saturated carbocycles. The van der Waals surface area contributed by atoms with Crippen LogP contribution in [-0.2, 0) is 0 Å². The van der Waals surface area contributed by atoms with E-state index in [0.717, 1.165) is 29.6 Å². The number of rotatable bonds is 5. The average molecular weight is 270 g/mol. The van der Waals surface area contributed by atoms with Crippen LogP contribution in [0.2, 0.25) is 0 Å². The van der Waals surface area contributed by atoms with E-state index in [2.05, 4.69) is 18.7 Å². The molecule has 0 fully saturated rings. The number of hydrogen-bond donors (Lipinski definition) is 2. The molecule has 2 rings (SSSR count). The van der Waals surface area contributed by atoms with Gasteiger partial charge in [-0.3, -0.25) is 5.41 Å². The molecule has 0 amide bonds. The second kappa shape index (κ2) is 5.90. The Morgan fingerprint density at radius 2 is 1.95 bits per heavy atom. The van der Waals surface area contributed by atoms with Gasteiger partial charge in [0.1, 0.15) is 11.7 Å². The number of aromatic nitrogens is 1. The third-order valence-electron chi connectivity index (χ3n) is 3.82. The molecule has 0 spiro atoms. The molecule has 1 heterocycles. The molecule has 4 heteroatoms. The van der Waals surface area contributed by atoms with Gasteiger partial charge in [-0.05, 0) is 25.0 Å². The Morgan fingerprint density at radius 1 is 1.30 bits per heavy atom. The summed E-state index contributed by atoms with van der Waals surface area (Å²) in [4.78, 5) is 6.86. The molecule has 4 nitrogen and oxygen atoms in total. The number of benzene rings is 1. The van der Waals surface area contributed by atoms with E-state index in [1.165, 1.54) is 0 Å². The Balaban J connectivity index is 2.60. The van der Waals surface area contributed by atoms with E-state index >= 15 is 0 Å². The molecule has 0 radical (unpaired) electrons. The molecule has 1 aromatic carbocycles. The van der Waals surface area contributed by atoms with Crippen molar-refractivity contribution in [1.29, 1.82) is 5.41 Å². The molecule has 0 unspecified atom stereocenters. The normalized spacial score (nSPS) is 11.0. The van der Waals surface area contributed by atoms with Crippen LogP contribution in [-0.4, -0.2) is 23.9 Å². The molecule has 2 aromatic rings. The van der Waals surface area contributed by atoms with E-state index in [0.29, 0.717) is 11.6 Å². The molecule has 0 bridgehead atoms. The standard InChI is InChI=1S/C16H22N4/c1-4-12(5-2)20(3)16-13(15(17)18)10-11-8-6-7-9-14(11)19-16/h6-10,12H,4-5H2,1-3H3,(H3,17,18). The van der Waals surface area contributed by atoms with Gasteiger partial charge in [0.2, 0.25) is 0 Å². The smallest absolute Gasteiger partial charge is 0.140 e. The lowest BCUT2D eigenvalue weighted by atomic mass is 10.1. The van der Waals surface area contributed by atoms with Gasteiger partial charge in [-0.25, -0.2) is 4.98 Å². The first-order chi connectivity index (χ1) is 9.58. The van der Waals surface area contributed by atoms with Gasteiger partial charge in [0.05, 0.1) is 11.1 Å². The number of anilines is 1. The quantitative estimate of drug-likeness (QED) is 0.648. The summed E-state index contributed by atoms with van der Waals surface area (Å²) in [5.74, 6) is 0.862. The van der Waals surface area contributed by atoms with Gasteiger partial charge < -0.3 is 10.6 Å². The fourth-order valence-electron chi connectivity index (χ4n) is 2.58. The summed E-state index contributed by atoms with van der Waals surface area (Å²) in [7, 11) is 2.03. The van der Waals surface area contributed by atoms with Gasteiger partial charge >= 0.3 is 0 Å². The zero-order valence-corrected chi connectivity index (χ0v) is 12.4. The molecule has 0 saturated heterocycles. The van der Waals surface area contributed by atoms with Crippen molar-refractivity contribution in [3.63, 3.8) is 0 Å². The highest BCUT2D eigenvalue weighted by atomic mass is 15.2. The zero-order chi connectivity index (χ0) is 14.7. The molecule has 0 atom stereocenters. The van der Waals surface area contributed by atoms with Crippen LogP contribution in [0.3, 0.4) is 0 Å². The van der Waals surface area contributed by atoms with Crippen molar-refractivity contribution in [3.05, 3.63) is 35.9 Å². The number of hydrogen-bond acceptors (Lipinski definition) is 3. The van der Waals surface area contributed by atoms with E-state index in [1.807, 2.05) is 37.4 Å². The largest absolute Gasteiger partial charge is 0.384 e. The maximum absolute atomic E-state index is 7.81. The van der Waals surface area contributed by atoms with Crippen molar-refractivity contribution in [2.24, 2.45) is 5.73 Å². The summed E-state index contributed by atoms with van der Waals surface area (Å²) in [6.07, 6.45) is 2.08. The molecule has 0 aliphatic carbocycles. The van der Waals surface area contributed by atoms with Crippen LogP contribution in [0.15, 0.2) is 30.3 Å². The summed E-state index contributed by atoms with van der Waals surface area (Å²) in [5.41, 5.74) is 7.39. The molecule has 1 aromatic heterocycles. The van der Waals surface area contributed by atoms with Crippen LogP contribution in [0.4, 0.5) is 5.82 Å². The summed E-state index contributed by atoms with van der Waals surface area (Å²) in [6, 6.07) is 10.3. The second-order valence-corrected chi connectivity index (χ2v) is 5.05. The molecular formula is C16H22N4.